The van der Waals surface area contributed by atoms with E-state index in [1.165, 1.54) is 24.0 Å². The van der Waals surface area contributed by atoms with Crippen molar-refractivity contribution in [1.29, 1.82) is 0 Å². The summed E-state index contributed by atoms with van der Waals surface area (Å²) in [4.78, 5) is 40.1. The molecule has 1 aromatic heterocycles. The van der Waals surface area contributed by atoms with Crippen molar-refractivity contribution in [3.63, 3.8) is 0 Å². The third-order valence-electron chi connectivity index (χ3n) is 5.78. The Kier molecular flexibility index (Phi) is 4.51. The number of halogens is 1. The summed E-state index contributed by atoms with van der Waals surface area (Å²) in [5, 5.41) is 0.0856. The van der Waals surface area contributed by atoms with Crippen molar-refractivity contribution in [2.45, 2.75) is 19.9 Å². The number of hydrogen-bond acceptors (Lipinski definition) is 4. The summed E-state index contributed by atoms with van der Waals surface area (Å²) in [5.41, 5.74) is 2.67. The van der Waals surface area contributed by atoms with E-state index in [1.54, 1.807) is 24.3 Å². The molecule has 0 spiro atoms. The van der Waals surface area contributed by atoms with Crippen LogP contribution in [0.25, 0.3) is 11.0 Å². The maximum Gasteiger partial charge on any atom is 0.295 e. The van der Waals surface area contributed by atoms with Crippen LogP contribution in [0.15, 0.2) is 75.9 Å². The van der Waals surface area contributed by atoms with Crippen LogP contribution in [0.1, 0.15) is 50.6 Å². The van der Waals surface area contributed by atoms with Crippen LogP contribution in [0, 0.1) is 12.7 Å². The van der Waals surface area contributed by atoms with Gasteiger partial charge >= 0.3 is 0 Å². The van der Waals surface area contributed by atoms with E-state index < -0.39 is 23.2 Å². The Hall–Kier alpha value is -4.06. The Morgan fingerprint density at radius 1 is 0.969 bits per heavy atom. The first kappa shape index (κ1) is 19.9. The van der Waals surface area contributed by atoms with Gasteiger partial charge in [0.25, 0.3) is 5.91 Å². The van der Waals surface area contributed by atoms with E-state index in [-0.39, 0.29) is 28.1 Å². The maximum atomic E-state index is 13.9. The Morgan fingerprint density at radius 2 is 1.66 bits per heavy atom. The molecule has 32 heavy (non-hydrogen) atoms. The fourth-order valence-corrected chi connectivity index (χ4v) is 4.13. The molecule has 1 aliphatic heterocycles. The highest BCUT2D eigenvalue weighted by Gasteiger charge is 2.43. The van der Waals surface area contributed by atoms with Gasteiger partial charge in [-0.2, -0.15) is 0 Å². The molecule has 1 aliphatic rings. The molecule has 0 bridgehead atoms. The van der Waals surface area contributed by atoms with Gasteiger partial charge in [-0.15, -0.1) is 0 Å². The molecule has 0 N–H and O–H groups in total. The fraction of sp³-hybridized carbons (Fsp3) is 0.115. The molecule has 0 fully saturated rings. The topological polar surface area (TPSA) is 67.6 Å². The number of nitrogens with zero attached hydrogens (tertiary/aromatic N) is 1. The van der Waals surface area contributed by atoms with Gasteiger partial charge in [0.2, 0.25) is 5.76 Å². The van der Waals surface area contributed by atoms with Crippen LogP contribution >= 0.6 is 0 Å². The molecule has 0 saturated heterocycles. The van der Waals surface area contributed by atoms with E-state index in [1.807, 2.05) is 31.2 Å². The van der Waals surface area contributed by atoms with E-state index in [4.69, 9.17) is 4.42 Å². The molecule has 1 amide bonds. The predicted molar refractivity (Wildman–Crippen MR) is 119 cm³/mol. The van der Waals surface area contributed by atoms with Gasteiger partial charge in [0.1, 0.15) is 11.4 Å². The summed E-state index contributed by atoms with van der Waals surface area (Å²) >= 11 is 0. The smallest absolute Gasteiger partial charge is 0.295 e. The number of fused-ring (bicyclic) bond motifs is 2. The number of Topliss-reactive ketones (excluding diaryl/α,β-unsaturated/α-hetero) is 1. The molecule has 0 aliphatic carbocycles. The lowest BCUT2D eigenvalue weighted by atomic mass is 9.97. The Labute approximate surface area is 182 Å². The third-order valence-corrected chi connectivity index (χ3v) is 5.78. The van der Waals surface area contributed by atoms with Gasteiger partial charge in [0, 0.05) is 11.3 Å². The predicted octanol–water partition coefficient (Wildman–Crippen LogP) is 5.19. The molecule has 4 aromatic rings. The molecule has 1 unspecified atom stereocenters. The first-order chi connectivity index (χ1) is 15.3. The Balaban J connectivity index is 1.77. The molecule has 0 saturated carbocycles. The molecular formula is C26H18FNO4. The second-order valence-electron chi connectivity index (χ2n) is 7.91. The monoisotopic (exact) mass is 427 g/mol. The lowest BCUT2D eigenvalue weighted by molar-refractivity contribution is 0.0970. The highest BCUT2D eigenvalue weighted by atomic mass is 19.1. The minimum absolute atomic E-state index is 0.0599. The zero-order valence-corrected chi connectivity index (χ0v) is 17.4. The van der Waals surface area contributed by atoms with Gasteiger partial charge in [0.05, 0.1) is 17.0 Å². The van der Waals surface area contributed by atoms with E-state index in [9.17, 15) is 18.8 Å². The summed E-state index contributed by atoms with van der Waals surface area (Å²) in [6.45, 7) is 3.41. The van der Waals surface area contributed by atoms with Crippen LogP contribution in [0.5, 0.6) is 0 Å². The zero-order valence-electron chi connectivity index (χ0n) is 17.4. The number of carbonyl (C=O) groups excluding carboxylic acids is 2. The molecule has 6 heteroatoms. The van der Waals surface area contributed by atoms with E-state index in [0.717, 1.165) is 17.2 Å². The molecule has 2 heterocycles. The highest BCUT2D eigenvalue weighted by Crippen LogP contribution is 2.41. The molecule has 0 radical (unpaired) electrons. The number of rotatable bonds is 3. The van der Waals surface area contributed by atoms with Gasteiger partial charge in [0.15, 0.2) is 11.2 Å². The SMILES string of the molecule is CC(=O)c1ccc(N2C(=O)c3oc4ccc(F)cc4c(=O)c3C2c2ccc(C)cc2)cc1. The standard InChI is InChI=1S/C26H18FNO4/c1-14-3-5-17(6-4-14)23-22-24(30)20-13-18(27)9-12-21(20)32-25(22)26(31)28(23)19-10-7-16(8-11-19)15(2)29/h3-13,23H,1-2H3. The van der Waals surface area contributed by atoms with E-state index in [2.05, 4.69) is 0 Å². The van der Waals surface area contributed by atoms with Crippen molar-refractivity contribution in [3.8, 4) is 0 Å². The van der Waals surface area contributed by atoms with E-state index >= 15 is 0 Å². The lowest BCUT2D eigenvalue weighted by Crippen LogP contribution is -2.29. The zero-order chi connectivity index (χ0) is 22.6. The number of amides is 1. The first-order valence-electron chi connectivity index (χ1n) is 10.1. The van der Waals surface area contributed by atoms with E-state index in [0.29, 0.717) is 11.3 Å². The summed E-state index contributed by atoms with van der Waals surface area (Å²) in [6.07, 6.45) is 0. The molecule has 5 nitrogen and oxygen atoms in total. The van der Waals surface area contributed by atoms with Gasteiger partial charge in [-0.25, -0.2) is 4.39 Å². The normalized spacial score (nSPS) is 15.3. The van der Waals surface area contributed by atoms with Crippen molar-refractivity contribution < 1.29 is 18.4 Å². The number of carbonyl (C=O) groups is 2. The average Bonchev–Trinajstić information content (AvgIpc) is 3.07. The maximum absolute atomic E-state index is 13.9. The quantitative estimate of drug-likeness (QED) is 0.422. The molecular weight excluding hydrogens is 409 g/mol. The Morgan fingerprint density at radius 3 is 2.31 bits per heavy atom. The van der Waals surface area contributed by atoms with Crippen LogP contribution in [0.3, 0.4) is 0 Å². The second-order valence-corrected chi connectivity index (χ2v) is 7.91. The van der Waals surface area contributed by atoms with Crippen molar-refractivity contribution in [2.75, 3.05) is 4.90 Å². The van der Waals surface area contributed by atoms with Crippen LogP contribution < -0.4 is 10.3 Å². The summed E-state index contributed by atoms with van der Waals surface area (Å²) in [5.74, 6) is -1.18. The minimum Gasteiger partial charge on any atom is -0.450 e. The van der Waals surface area contributed by atoms with Gasteiger partial charge in [-0.3, -0.25) is 19.3 Å². The van der Waals surface area contributed by atoms with Crippen molar-refractivity contribution in [1.82, 2.24) is 0 Å². The van der Waals surface area contributed by atoms with Gasteiger partial charge < -0.3 is 4.42 Å². The van der Waals surface area contributed by atoms with Crippen LogP contribution in [0.4, 0.5) is 10.1 Å². The number of anilines is 1. The average molecular weight is 427 g/mol. The van der Waals surface area contributed by atoms with Crippen LogP contribution in [0.2, 0.25) is 0 Å². The number of aryl methyl sites for hydroxylation is 1. The van der Waals surface area contributed by atoms with Crippen molar-refractivity contribution >= 4 is 28.3 Å². The number of hydrogen-bond donors (Lipinski definition) is 0. The minimum atomic E-state index is -0.745. The van der Waals surface area contributed by atoms with Crippen LogP contribution in [-0.4, -0.2) is 11.7 Å². The van der Waals surface area contributed by atoms with Crippen LogP contribution in [-0.2, 0) is 0 Å². The number of benzene rings is 3. The van der Waals surface area contributed by atoms with Crippen molar-refractivity contribution in [2.24, 2.45) is 0 Å². The van der Waals surface area contributed by atoms with Crippen molar-refractivity contribution in [3.05, 3.63) is 111 Å². The highest BCUT2D eigenvalue weighted by molar-refractivity contribution is 6.10. The van der Waals surface area contributed by atoms with Gasteiger partial charge in [-0.05, 0) is 61.9 Å². The largest absolute Gasteiger partial charge is 0.450 e. The Bertz CT molecular complexity index is 1450. The molecule has 3 aromatic carbocycles. The molecule has 5 rings (SSSR count). The second kappa shape index (κ2) is 7.27. The lowest BCUT2D eigenvalue weighted by Gasteiger charge is -2.25. The summed E-state index contributed by atoms with van der Waals surface area (Å²) < 4.78 is 19.7. The first-order valence-corrected chi connectivity index (χ1v) is 10.1. The summed E-state index contributed by atoms with van der Waals surface area (Å²) in [6, 6.07) is 17.1. The number of ketones is 1. The molecule has 158 valence electrons. The summed E-state index contributed by atoms with van der Waals surface area (Å²) in [7, 11) is 0. The molecule has 1 atom stereocenters. The van der Waals surface area contributed by atoms with Gasteiger partial charge in [-0.1, -0.05) is 29.8 Å². The third kappa shape index (κ3) is 3.03. The fourth-order valence-electron chi connectivity index (χ4n) is 4.13.